The van der Waals surface area contributed by atoms with Gasteiger partial charge in [-0.2, -0.15) is 0 Å². The Bertz CT molecular complexity index is 943. The standard InChI is InChI=1S/C17H9Cl2FN2O3/c18-10-5-4-9(14(19)7-10)6-13-15(23)21-17(25)22(16(13)24)12-3-1-2-11(20)8-12/h1-8H,(H,21,23,25)/b13-6+. The summed E-state index contributed by atoms with van der Waals surface area (Å²) in [6.45, 7) is 0. The Morgan fingerprint density at radius 2 is 1.80 bits per heavy atom. The Hall–Kier alpha value is -2.70. The van der Waals surface area contributed by atoms with Crippen molar-refractivity contribution in [3.63, 3.8) is 0 Å². The first-order chi connectivity index (χ1) is 11.9. The van der Waals surface area contributed by atoms with Crippen LogP contribution in [0.5, 0.6) is 0 Å². The van der Waals surface area contributed by atoms with Crippen molar-refractivity contribution in [1.82, 2.24) is 5.32 Å². The van der Waals surface area contributed by atoms with Gasteiger partial charge in [0.25, 0.3) is 11.8 Å². The molecule has 1 saturated heterocycles. The monoisotopic (exact) mass is 378 g/mol. The Morgan fingerprint density at radius 1 is 1.04 bits per heavy atom. The Labute approximate surface area is 151 Å². The third kappa shape index (κ3) is 3.40. The molecule has 126 valence electrons. The first-order valence-electron chi connectivity index (χ1n) is 6.99. The molecule has 1 aliphatic heterocycles. The van der Waals surface area contributed by atoms with E-state index in [4.69, 9.17) is 23.2 Å². The van der Waals surface area contributed by atoms with Gasteiger partial charge < -0.3 is 0 Å². The lowest BCUT2D eigenvalue weighted by Crippen LogP contribution is -2.54. The molecular weight excluding hydrogens is 370 g/mol. The summed E-state index contributed by atoms with van der Waals surface area (Å²) in [6.07, 6.45) is 1.25. The molecule has 4 amide bonds. The van der Waals surface area contributed by atoms with Crippen LogP contribution in [0.4, 0.5) is 14.9 Å². The van der Waals surface area contributed by atoms with E-state index >= 15 is 0 Å². The molecule has 1 fully saturated rings. The third-order valence-corrected chi connectivity index (χ3v) is 3.99. The molecule has 0 atom stereocenters. The van der Waals surface area contributed by atoms with Crippen LogP contribution in [-0.4, -0.2) is 17.8 Å². The zero-order chi connectivity index (χ0) is 18.1. The second-order valence-electron chi connectivity index (χ2n) is 5.10. The smallest absolute Gasteiger partial charge is 0.273 e. The minimum absolute atomic E-state index is 0.00287. The molecule has 0 radical (unpaired) electrons. The van der Waals surface area contributed by atoms with Gasteiger partial charge in [-0.15, -0.1) is 0 Å². The number of halogens is 3. The fraction of sp³-hybridized carbons (Fsp3) is 0. The average Bonchev–Trinajstić information content (AvgIpc) is 2.53. The molecule has 0 aliphatic carbocycles. The number of hydrogen-bond donors (Lipinski definition) is 1. The maximum Gasteiger partial charge on any atom is 0.335 e. The molecule has 0 bridgehead atoms. The van der Waals surface area contributed by atoms with Crippen molar-refractivity contribution in [2.45, 2.75) is 0 Å². The lowest BCUT2D eigenvalue weighted by atomic mass is 10.1. The lowest BCUT2D eigenvalue weighted by Gasteiger charge is -2.26. The van der Waals surface area contributed by atoms with Crippen LogP contribution < -0.4 is 10.2 Å². The first-order valence-corrected chi connectivity index (χ1v) is 7.74. The van der Waals surface area contributed by atoms with Crippen molar-refractivity contribution in [2.75, 3.05) is 4.90 Å². The van der Waals surface area contributed by atoms with Gasteiger partial charge in [-0.1, -0.05) is 35.3 Å². The fourth-order valence-corrected chi connectivity index (χ4v) is 2.74. The molecule has 0 saturated carbocycles. The highest BCUT2D eigenvalue weighted by molar-refractivity contribution is 6.40. The van der Waals surface area contributed by atoms with E-state index in [2.05, 4.69) is 0 Å². The maximum atomic E-state index is 13.4. The number of anilines is 1. The van der Waals surface area contributed by atoms with Gasteiger partial charge >= 0.3 is 6.03 Å². The van der Waals surface area contributed by atoms with Crippen LogP contribution in [0, 0.1) is 5.82 Å². The van der Waals surface area contributed by atoms with Crippen LogP contribution in [0.15, 0.2) is 48.0 Å². The number of rotatable bonds is 2. The van der Waals surface area contributed by atoms with E-state index in [0.29, 0.717) is 15.5 Å². The number of nitrogens with zero attached hydrogens (tertiary/aromatic N) is 1. The van der Waals surface area contributed by atoms with E-state index in [9.17, 15) is 18.8 Å². The van der Waals surface area contributed by atoms with Crippen LogP contribution in [0.2, 0.25) is 10.0 Å². The number of benzene rings is 2. The van der Waals surface area contributed by atoms with Gasteiger partial charge in [-0.25, -0.2) is 14.1 Å². The second-order valence-corrected chi connectivity index (χ2v) is 5.95. The van der Waals surface area contributed by atoms with Gasteiger partial charge in [0.1, 0.15) is 11.4 Å². The highest BCUT2D eigenvalue weighted by Gasteiger charge is 2.37. The van der Waals surface area contributed by atoms with Gasteiger partial charge in [0.2, 0.25) is 0 Å². The van der Waals surface area contributed by atoms with Gasteiger partial charge in [0.15, 0.2) is 0 Å². The van der Waals surface area contributed by atoms with Crippen LogP contribution in [0.3, 0.4) is 0 Å². The summed E-state index contributed by atoms with van der Waals surface area (Å²) in [5.74, 6) is -2.37. The largest absolute Gasteiger partial charge is 0.335 e. The highest BCUT2D eigenvalue weighted by atomic mass is 35.5. The summed E-state index contributed by atoms with van der Waals surface area (Å²) in [7, 11) is 0. The number of imide groups is 2. The molecule has 1 aliphatic rings. The molecule has 3 rings (SSSR count). The number of barbiturate groups is 1. The molecule has 25 heavy (non-hydrogen) atoms. The summed E-state index contributed by atoms with van der Waals surface area (Å²) in [5.41, 5.74) is 0.0642. The summed E-state index contributed by atoms with van der Waals surface area (Å²) >= 11 is 11.9. The van der Waals surface area contributed by atoms with E-state index in [-0.39, 0.29) is 16.3 Å². The van der Waals surface area contributed by atoms with Crippen LogP contribution in [0.25, 0.3) is 6.08 Å². The second kappa shape index (κ2) is 6.66. The van der Waals surface area contributed by atoms with Crippen molar-refractivity contribution >= 4 is 52.8 Å². The predicted octanol–water partition coefficient (Wildman–Crippen LogP) is 3.80. The summed E-state index contributed by atoms with van der Waals surface area (Å²) in [5, 5.41) is 2.67. The van der Waals surface area contributed by atoms with Crippen molar-refractivity contribution in [3.8, 4) is 0 Å². The Balaban J connectivity index is 2.05. The van der Waals surface area contributed by atoms with Gasteiger partial charge in [-0.3, -0.25) is 14.9 Å². The zero-order valence-corrected chi connectivity index (χ0v) is 13.9. The molecular formula is C17H9Cl2FN2O3. The summed E-state index contributed by atoms with van der Waals surface area (Å²) in [4.78, 5) is 37.4. The average molecular weight is 379 g/mol. The molecule has 0 spiro atoms. The molecule has 1 N–H and O–H groups in total. The molecule has 0 aromatic heterocycles. The number of amides is 4. The highest BCUT2D eigenvalue weighted by Crippen LogP contribution is 2.26. The molecule has 5 nitrogen and oxygen atoms in total. The summed E-state index contributed by atoms with van der Waals surface area (Å²) in [6, 6.07) is 8.48. The van der Waals surface area contributed by atoms with E-state index in [1.807, 2.05) is 5.32 Å². The fourth-order valence-electron chi connectivity index (χ4n) is 2.28. The SMILES string of the molecule is O=C1NC(=O)N(c2cccc(F)c2)C(=O)/C1=C/c1ccc(Cl)cc1Cl. The topological polar surface area (TPSA) is 66.5 Å². The van der Waals surface area contributed by atoms with Crippen molar-refractivity contribution in [1.29, 1.82) is 0 Å². The molecule has 2 aromatic carbocycles. The van der Waals surface area contributed by atoms with E-state index in [1.54, 1.807) is 6.07 Å². The van der Waals surface area contributed by atoms with Crippen molar-refractivity contribution in [3.05, 3.63) is 69.5 Å². The minimum Gasteiger partial charge on any atom is -0.273 e. The number of hydrogen-bond acceptors (Lipinski definition) is 3. The molecule has 1 heterocycles. The van der Waals surface area contributed by atoms with Crippen molar-refractivity contribution in [2.24, 2.45) is 0 Å². The van der Waals surface area contributed by atoms with Crippen LogP contribution >= 0.6 is 23.2 Å². The Morgan fingerprint density at radius 3 is 2.48 bits per heavy atom. The first kappa shape index (κ1) is 17.1. The predicted molar refractivity (Wildman–Crippen MR) is 91.9 cm³/mol. The normalized spacial score (nSPS) is 16.4. The number of nitrogens with one attached hydrogen (secondary N) is 1. The number of carbonyl (C=O) groups excluding carboxylic acids is 3. The van der Waals surface area contributed by atoms with Crippen LogP contribution in [0.1, 0.15) is 5.56 Å². The minimum atomic E-state index is -0.958. The van der Waals surface area contributed by atoms with Gasteiger partial charge in [0.05, 0.1) is 5.69 Å². The lowest BCUT2D eigenvalue weighted by molar-refractivity contribution is -0.122. The van der Waals surface area contributed by atoms with Crippen molar-refractivity contribution < 1.29 is 18.8 Å². The number of carbonyl (C=O) groups is 3. The van der Waals surface area contributed by atoms with E-state index < -0.39 is 23.7 Å². The summed E-state index contributed by atoms with van der Waals surface area (Å²) < 4.78 is 13.4. The van der Waals surface area contributed by atoms with E-state index in [1.165, 1.54) is 36.4 Å². The molecule has 8 heteroatoms. The maximum absolute atomic E-state index is 13.4. The quantitative estimate of drug-likeness (QED) is 0.638. The Kier molecular flexibility index (Phi) is 4.57. The number of urea groups is 1. The zero-order valence-electron chi connectivity index (χ0n) is 12.4. The van der Waals surface area contributed by atoms with Crippen LogP contribution in [-0.2, 0) is 9.59 Å². The van der Waals surface area contributed by atoms with Gasteiger partial charge in [-0.05, 0) is 42.0 Å². The molecule has 0 unspecified atom stereocenters. The van der Waals surface area contributed by atoms with Gasteiger partial charge in [0, 0.05) is 10.0 Å². The molecule has 2 aromatic rings. The third-order valence-electron chi connectivity index (χ3n) is 3.43. The van der Waals surface area contributed by atoms with E-state index in [0.717, 1.165) is 6.07 Å².